The van der Waals surface area contributed by atoms with Crippen LogP contribution in [0.1, 0.15) is 25.7 Å². The number of rotatable bonds is 1. The highest BCUT2D eigenvalue weighted by Crippen LogP contribution is 2.35. The van der Waals surface area contributed by atoms with E-state index in [1.165, 1.54) is 25.0 Å². The zero-order valence-electron chi connectivity index (χ0n) is 10.7. The maximum absolute atomic E-state index is 14.0. The summed E-state index contributed by atoms with van der Waals surface area (Å²) in [5.74, 6) is -0.765. The first kappa shape index (κ1) is 13.3. The van der Waals surface area contributed by atoms with E-state index >= 15 is 0 Å². The van der Waals surface area contributed by atoms with Gasteiger partial charge in [-0.15, -0.1) is 0 Å². The molecule has 1 N–H and O–H groups in total. The van der Waals surface area contributed by atoms with Gasteiger partial charge in [0.15, 0.2) is 0 Å². The van der Waals surface area contributed by atoms with Crippen LogP contribution >= 0.6 is 15.9 Å². The molecule has 2 fully saturated rings. The molecule has 1 aromatic carbocycles. The predicted molar refractivity (Wildman–Crippen MR) is 75.5 cm³/mol. The van der Waals surface area contributed by atoms with Crippen molar-refractivity contribution in [1.29, 1.82) is 0 Å². The summed E-state index contributed by atoms with van der Waals surface area (Å²) in [5, 5.41) is 3.57. The van der Waals surface area contributed by atoms with Crippen molar-refractivity contribution in [2.24, 2.45) is 0 Å². The van der Waals surface area contributed by atoms with Crippen molar-refractivity contribution in [2.45, 2.75) is 31.2 Å². The second kappa shape index (κ2) is 5.02. The molecule has 0 bridgehead atoms. The molecule has 1 spiro atoms. The molecule has 0 amide bonds. The van der Waals surface area contributed by atoms with Crippen molar-refractivity contribution in [3.8, 4) is 0 Å². The topological polar surface area (TPSA) is 15.3 Å². The number of nitrogens with one attached hydrogen (secondary N) is 1. The quantitative estimate of drug-likeness (QED) is 0.793. The normalized spacial score (nSPS) is 22.2. The molecule has 1 aromatic rings. The van der Waals surface area contributed by atoms with Gasteiger partial charge in [0.05, 0.1) is 10.2 Å². The maximum Gasteiger partial charge on any atom is 0.147 e. The van der Waals surface area contributed by atoms with Gasteiger partial charge in [-0.1, -0.05) is 12.8 Å². The van der Waals surface area contributed by atoms with Crippen LogP contribution in [0.4, 0.5) is 14.5 Å². The second-order valence-electron chi connectivity index (χ2n) is 5.55. The van der Waals surface area contributed by atoms with Gasteiger partial charge in [0.25, 0.3) is 0 Å². The molecule has 0 atom stereocenters. The van der Waals surface area contributed by atoms with E-state index in [2.05, 4.69) is 21.2 Å². The van der Waals surface area contributed by atoms with Crippen LogP contribution in [0.5, 0.6) is 0 Å². The highest BCUT2D eigenvalue weighted by Gasteiger charge is 2.38. The zero-order valence-corrected chi connectivity index (χ0v) is 12.3. The van der Waals surface area contributed by atoms with Crippen LogP contribution in [0, 0.1) is 11.6 Å². The molecule has 5 heteroatoms. The highest BCUT2D eigenvalue weighted by atomic mass is 79.9. The van der Waals surface area contributed by atoms with E-state index in [4.69, 9.17) is 0 Å². The Labute approximate surface area is 120 Å². The van der Waals surface area contributed by atoms with Gasteiger partial charge in [0, 0.05) is 31.2 Å². The lowest BCUT2D eigenvalue weighted by Gasteiger charge is -2.42. The van der Waals surface area contributed by atoms with Crippen molar-refractivity contribution < 1.29 is 8.78 Å². The summed E-state index contributed by atoms with van der Waals surface area (Å²) in [4.78, 5) is 1.98. The fourth-order valence-corrected chi connectivity index (χ4v) is 3.62. The molecule has 1 heterocycles. The fourth-order valence-electron chi connectivity index (χ4n) is 3.30. The van der Waals surface area contributed by atoms with Crippen LogP contribution in [0.25, 0.3) is 0 Å². The van der Waals surface area contributed by atoms with Gasteiger partial charge in [-0.25, -0.2) is 8.78 Å². The molecule has 3 rings (SSSR count). The van der Waals surface area contributed by atoms with Gasteiger partial charge in [0.1, 0.15) is 11.6 Å². The standard InChI is InChI=1S/C14H17BrF2N2/c15-10-7-12(17)13(8-11(10)16)19-6-5-18-14(9-19)3-1-2-4-14/h7-8,18H,1-6,9H2. The molecule has 1 aliphatic carbocycles. The van der Waals surface area contributed by atoms with Crippen molar-refractivity contribution in [1.82, 2.24) is 5.32 Å². The zero-order chi connectivity index (χ0) is 13.5. The van der Waals surface area contributed by atoms with E-state index in [0.717, 1.165) is 32.5 Å². The Bertz CT molecular complexity index is 487. The Kier molecular flexibility index (Phi) is 3.52. The lowest BCUT2D eigenvalue weighted by Crippen LogP contribution is -2.59. The lowest BCUT2D eigenvalue weighted by atomic mass is 9.94. The van der Waals surface area contributed by atoms with Gasteiger partial charge < -0.3 is 10.2 Å². The van der Waals surface area contributed by atoms with Gasteiger partial charge in [0.2, 0.25) is 0 Å². The predicted octanol–water partition coefficient (Wildman–Crippen LogP) is 3.45. The second-order valence-corrected chi connectivity index (χ2v) is 6.41. The van der Waals surface area contributed by atoms with E-state index in [0.29, 0.717) is 5.69 Å². The van der Waals surface area contributed by atoms with Crippen molar-refractivity contribution in [2.75, 3.05) is 24.5 Å². The average molecular weight is 331 g/mol. The fraction of sp³-hybridized carbons (Fsp3) is 0.571. The Hall–Kier alpha value is -0.680. The number of hydrogen-bond donors (Lipinski definition) is 1. The average Bonchev–Trinajstić information content (AvgIpc) is 2.82. The van der Waals surface area contributed by atoms with Crippen LogP contribution in [0.3, 0.4) is 0 Å². The van der Waals surface area contributed by atoms with Gasteiger partial charge in [-0.2, -0.15) is 0 Å². The van der Waals surface area contributed by atoms with Crippen LogP contribution < -0.4 is 10.2 Å². The molecular formula is C14H17BrF2N2. The number of benzene rings is 1. The SMILES string of the molecule is Fc1cc(N2CCNC3(CCCC3)C2)c(F)cc1Br. The number of hydrogen-bond acceptors (Lipinski definition) is 2. The van der Waals surface area contributed by atoms with E-state index in [-0.39, 0.29) is 15.8 Å². The van der Waals surface area contributed by atoms with Gasteiger partial charge in [-0.3, -0.25) is 0 Å². The summed E-state index contributed by atoms with van der Waals surface area (Å²) >= 11 is 3.02. The van der Waals surface area contributed by atoms with Crippen LogP contribution in [-0.2, 0) is 0 Å². The van der Waals surface area contributed by atoms with Crippen molar-refractivity contribution >= 4 is 21.6 Å². The Morgan fingerprint density at radius 1 is 1.16 bits per heavy atom. The molecule has 0 unspecified atom stereocenters. The third-order valence-electron chi connectivity index (χ3n) is 4.27. The molecule has 0 radical (unpaired) electrons. The van der Waals surface area contributed by atoms with Gasteiger partial charge >= 0.3 is 0 Å². The first-order valence-electron chi connectivity index (χ1n) is 6.74. The molecule has 2 aliphatic rings. The Morgan fingerprint density at radius 2 is 1.89 bits per heavy atom. The number of anilines is 1. The number of halogens is 3. The molecule has 1 aliphatic heterocycles. The lowest BCUT2D eigenvalue weighted by molar-refractivity contribution is 0.302. The van der Waals surface area contributed by atoms with E-state index in [1.54, 1.807) is 0 Å². The first-order chi connectivity index (χ1) is 9.10. The van der Waals surface area contributed by atoms with Crippen LogP contribution in [0.15, 0.2) is 16.6 Å². The maximum atomic E-state index is 14.0. The van der Waals surface area contributed by atoms with Crippen molar-refractivity contribution in [3.05, 3.63) is 28.2 Å². The van der Waals surface area contributed by atoms with Crippen LogP contribution in [-0.4, -0.2) is 25.2 Å². The smallest absolute Gasteiger partial charge is 0.147 e. The molecule has 2 nitrogen and oxygen atoms in total. The summed E-state index contributed by atoms with van der Waals surface area (Å²) in [7, 11) is 0. The monoisotopic (exact) mass is 330 g/mol. The molecular weight excluding hydrogens is 314 g/mol. The Morgan fingerprint density at radius 3 is 2.63 bits per heavy atom. The number of nitrogens with zero attached hydrogens (tertiary/aromatic N) is 1. The third-order valence-corrected chi connectivity index (χ3v) is 4.87. The summed E-state index contributed by atoms with van der Waals surface area (Å²) < 4.78 is 27.8. The summed E-state index contributed by atoms with van der Waals surface area (Å²) in [5.41, 5.74) is 0.488. The summed E-state index contributed by atoms with van der Waals surface area (Å²) in [6.07, 6.45) is 4.70. The molecule has 19 heavy (non-hydrogen) atoms. The minimum Gasteiger partial charge on any atom is -0.366 e. The van der Waals surface area contributed by atoms with Crippen molar-refractivity contribution in [3.63, 3.8) is 0 Å². The Balaban J connectivity index is 1.87. The largest absolute Gasteiger partial charge is 0.366 e. The summed E-state index contributed by atoms with van der Waals surface area (Å²) in [6, 6.07) is 2.52. The molecule has 1 saturated heterocycles. The summed E-state index contributed by atoms with van der Waals surface area (Å²) in [6.45, 7) is 2.32. The van der Waals surface area contributed by atoms with Gasteiger partial charge in [-0.05, 0) is 34.8 Å². The minimum absolute atomic E-state index is 0.105. The first-order valence-corrected chi connectivity index (χ1v) is 7.53. The third kappa shape index (κ3) is 2.50. The molecule has 104 valence electrons. The van der Waals surface area contributed by atoms with E-state index in [9.17, 15) is 8.78 Å². The van der Waals surface area contributed by atoms with E-state index in [1.807, 2.05) is 4.90 Å². The minimum atomic E-state index is -0.407. The van der Waals surface area contributed by atoms with Crippen LogP contribution in [0.2, 0.25) is 0 Å². The molecule has 1 saturated carbocycles. The molecule has 0 aromatic heterocycles. The highest BCUT2D eigenvalue weighted by molar-refractivity contribution is 9.10. The number of piperazine rings is 1. The van der Waals surface area contributed by atoms with E-state index < -0.39 is 5.82 Å².